The molecule has 7 nitrogen and oxygen atoms in total. The van der Waals surface area contributed by atoms with Gasteiger partial charge < -0.3 is 5.73 Å². The summed E-state index contributed by atoms with van der Waals surface area (Å²) in [5, 5.41) is 0. The van der Waals surface area contributed by atoms with Gasteiger partial charge in [-0.2, -0.15) is 0 Å². The van der Waals surface area contributed by atoms with Gasteiger partial charge in [0.25, 0.3) is 5.56 Å². The number of hydrogen-bond donors (Lipinski definition) is 2. The molecule has 0 aromatic carbocycles. The van der Waals surface area contributed by atoms with Crippen LogP contribution in [0.1, 0.15) is 43.5 Å². The fourth-order valence-electron chi connectivity index (χ4n) is 3.02. The molecule has 22 heavy (non-hydrogen) atoms. The summed E-state index contributed by atoms with van der Waals surface area (Å²) >= 11 is 0. The van der Waals surface area contributed by atoms with E-state index in [0.717, 1.165) is 25.9 Å². The minimum absolute atomic E-state index is 0.0225. The number of carbonyl (C=O) groups is 1. The molecule has 1 aromatic rings. The average molecular weight is 308 g/mol. The third-order valence-electron chi connectivity index (χ3n) is 4.07. The number of rotatable bonds is 5. The summed E-state index contributed by atoms with van der Waals surface area (Å²) in [4.78, 5) is 40.5. The molecule has 0 spiro atoms. The van der Waals surface area contributed by atoms with E-state index in [9.17, 15) is 14.4 Å². The first kappa shape index (κ1) is 16.5. The molecular formula is C15H24N4O3. The molecule has 0 bridgehead atoms. The maximum atomic E-state index is 12.5. The number of piperidine rings is 1. The van der Waals surface area contributed by atoms with E-state index in [0.29, 0.717) is 18.9 Å². The Morgan fingerprint density at radius 1 is 1.41 bits per heavy atom. The molecule has 3 N–H and O–H groups in total. The monoisotopic (exact) mass is 308 g/mol. The van der Waals surface area contributed by atoms with E-state index in [1.807, 2.05) is 11.8 Å². The van der Waals surface area contributed by atoms with Gasteiger partial charge in [0.2, 0.25) is 0 Å². The van der Waals surface area contributed by atoms with Crippen LogP contribution in [0.4, 0.5) is 5.82 Å². The minimum atomic E-state index is -0.690. The maximum absolute atomic E-state index is 12.5. The van der Waals surface area contributed by atoms with Gasteiger partial charge in [0.15, 0.2) is 5.78 Å². The predicted molar refractivity (Wildman–Crippen MR) is 85.2 cm³/mol. The van der Waals surface area contributed by atoms with Crippen LogP contribution in [0.25, 0.3) is 0 Å². The Bertz CT molecular complexity index is 662. The van der Waals surface area contributed by atoms with E-state index in [4.69, 9.17) is 5.73 Å². The zero-order valence-corrected chi connectivity index (χ0v) is 13.2. The summed E-state index contributed by atoms with van der Waals surface area (Å²) < 4.78 is 1.26. The number of hydrogen-bond acceptors (Lipinski definition) is 5. The zero-order valence-electron chi connectivity index (χ0n) is 13.2. The molecule has 0 aliphatic carbocycles. The van der Waals surface area contributed by atoms with Gasteiger partial charge in [0, 0.05) is 13.1 Å². The van der Waals surface area contributed by atoms with Crippen LogP contribution in [0.15, 0.2) is 9.59 Å². The highest BCUT2D eigenvalue weighted by Crippen LogP contribution is 2.16. The molecule has 1 aliphatic heterocycles. The van der Waals surface area contributed by atoms with Crippen molar-refractivity contribution in [2.75, 3.05) is 25.4 Å². The van der Waals surface area contributed by atoms with Crippen molar-refractivity contribution >= 4 is 11.6 Å². The molecule has 2 rings (SSSR count). The second kappa shape index (κ2) is 6.91. The Balaban J connectivity index is 2.27. The van der Waals surface area contributed by atoms with Gasteiger partial charge >= 0.3 is 5.69 Å². The van der Waals surface area contributed by atoms with Gasteiger partial charge in [0.1, 0.15) is 11.4 Å². The van der Waals surface area contributed by atoms with Crippen LogP contribution >= 0.6 is 0 Å². The Hall–Kier alpha value is -1.89. The number of aromatic nitrogens is 2. The lowest BCUT2D eigenvalue weighted by Gasteiger charge is -2.30. The highest BCUT2D eigenvalue weighted by molar-refractivity contribution is 6.01. The summed E-state index contributed by atoms with van der Waals surface area (Å²) in [5.41, 5.74) is 4.56. The number of likely N-dealkylation sites (tertiary alicyclic amines) is 1. The normalized spacial score (nSPS) is 19.3. The third kappa shape index (κ3) is 3.47. The van der Waals surface area contributed by atoms with Gasteiger partial charge in [-0.05, 0) is 31.7 Å². The van der Waals surface area contributed by atoms with Crippen LogP contribution < -0.4 is 17.0 Å². The number of H-pyrrole nitrogens is 1. The molecule has 1 saturated heterocycles. The van der Waals surface area contributed by atoms with E-state index in [1.165, 1.54) is 4.57 Å². The van der Waals surface area contributed by atoms with Crippen LogP contribution in [0.3, 0.4) is 0 Å². The first-order valence-corrected chi connectivity index (χ1v) is 7.82. The number of nitrogens with one attached hydrogen (secondary N) is 1. The van der Waals surface area contributed by atoms with Crippen molar-refractivity contribution in [3.63, 3.8) is 0 Å². The molecule has 0 radical (unpaired) electrons. The molecule has 1 unspecified atom stereocenters. The fraction of sp³-hybridized carbons (Fsp3) is 0.667. The lowest BCUT2D eigenvalue weighted by atomic mass is 10.00. The van der Waals surface area contributed by atoms with E-state index in [-0.39, 0.29) is 23.7 Å². The largest absolute Gasteiger partial charge is 0.384 e. The molecule has 0 amide bonds. The molecular weight excluding hydrogens is 284 g/mol. The predicted octanol–water partition coefficient (Wildman–Crippen LogP) is 0.443. The van der Waals surface area contributed by atoms with E-state index in [2.05, 4.69) is 11.9 Å². The fourth-order valence-corrected chi connectivity index (χ4v) is 3.02. The zero-order chi connectivity index (χ0) is 16.3. The lowest BCUT2D eigenvalue weighted by molar-refractivity contribution is 0.0891. The number of Topliss-reactive ketones (excluding diaryl/α,β-unsaturated/α-hetero) is 1. The first-order chi connectivity index (χ1) is 10.4. The van der Waals surface area contributed by atoms with E-state index >= 15 is 0 Å². The maximum Gasteiger partial charge on any atom is 0.329 e. The van der Waals surface area contributed by atoms with Crippen molar-refractivity contribution in [2.45, 2.75) is 39.7 Å². The lowest BCUT2D eigenvalue weighted by Crippen LogP contribution is -2.41. The number of aromatic amines is 1. The molecule has 1 aromatic heterocycles. The summed E-state index contributed by atoms with van der Waals surface area (Å²) in [6.07, 6.45) is 2.90. The van der Waals surface area contributed by atoms with Crippen LogP contribution in [0.2, 0.25) is 0 Å². The van der Waals surface area contributed by atoms with Gasteiger partial charge in [0.05, 0.1) is 6.54 Å². The van der Waals surface area contributed by atoms with Crippen LogP contribution in [0, 0.1) is 5.92 Å². The highest BCUT2D eigenvalue weighted by Gasteiger charge is 2.23. The summed E-state index contributed by atoms with van der Waals surface area (Å²) in [6.45, 7) is 6.29. The molecule has 7 heteroatoms. The number of anilines is 1. The SMILES string of the molecule is CCCn1c(N)c(C(=O)CN2CCCC(C)C2)c(=O)[nH]c1=O. The van der Waals surface area contributed by atoms with Gasteiger partial charge in [-0.3, -0.25) is 24.0 Å². The number of carbonyl (C=O) groups excluding carboxylic acids is 1. The molecule has 122 valence electrons. The summed E-state index contributed by atoms with van der Waals surface area (Å²) in [7, 11) is 0. The topological polar surface area (TPSA) is 101 Å². The number of ketones is 1. The van der Waals surface area contributed by atoms with Gasteiger partial charge in [-0.1, -0.05) is 13.8 Å². The van der Waals surface area contributed by atoms with Gasteiger partial charge in [-0.15, -0.1) is 0 Å². The molecule has 0 saturated carbocycles. The number of nitrogens with zero attached hydrogens (tertiary/aromatic N) is 2. The van der Waals surface area contributed by atoms with Crippen LogP contribution in [-0.2, 0) is 6.54 Å². The summed E-state index contributed by atoms with van der Waals surface area (Å²) in [6, 6.07) is 0. The Morgan fingerprint density at radius 3 is 2.77 bits per heavy atom. The quantitative estimate of drug-likeness (QED) is 0.769. The Morgan fingerprint density at radius 2 is 2.14 bits per heavy atom. The van der Waals surface area contributed by atoms with Crippen LogP contribution in [0.5, 0.6) is 0 Å². The second-order valence-corrected chi connectivity index (χ2v) is 6.08. The first-order valence-electron chi connectivity index (χ1n) is 7.82. The number of nitrogens with two attached hydrogens (primary N) is 1. The molecule has 2 heterocycles. The van der Waals surface area contributed by atoms with Crippen LogP contribution in [-0.4, -0.2) is 39.9 Å². The van der Waals surface area contributed by atoms with E-state index in [1.54, 1.807) is 0 Å². The van der Waals surface area contributed by atoms with Gasteiger partial charge in [-0.25, -0.2) is 4.79 Å². The Kier molecular flexibility index (Phi) is 5.18. The molecule has 1 atom stereocenters. The van der Waals surface area contributed by atoms with Crippen molar-refractivity contribution in [1.82, 2.24) is 14.5 Å². The standard InChI is InChI=1S/C15H24N4O3/c1-3-6-19-13(16)12(14(21)17-15(19)22)11(20)9-18-7-4-5-10(2)8-18/h10H,3-9,16H2,1-2H3,(H,17,21,22). The van der Waals surface area contributed by atoms with Crippen molar-refractivity contribution in [2.24, 2.45) is 5.92 Å². The summed E-state index contributed by atoms with van der Waals surface area (Å²) in [5.74, 6) is 0.203. The molecule has 1 aliphatic rings. The average Bonchev–Trinajstić information content (AvgIpc) is 2.43. The molecule has 1 fully saturated rings. The smallest absolute Gasteiger partial charge is 0.329 e. The Labute approximate surface area is 129 Å². The van der Waals surface area contributed by atoms with Crippen molar-refractivity contribution in [1.29, 1.82) is 0 Å². The van der Waals surface area contributed by atoms with Crippen molar-refractivity contribution in [3.8, 4) is 0 Å². The highest BCUT2D eigenvalue weighted by atomic mass is 16.2. The van der Waals surface area contributed by atoms with E-state index < -0.39 is 11.2 Å². The minimum Gasteiger partial charge on any atom is -0.384 e. The van der Waals surface area contributed by atoms with Crippen molar-refractivity contribution < 1.29 is 4.79 Å². The number of nitrogen functional groups attached to an aromatic ring is 1. The van der Waals surface area contributed by atoms with Crippen molar-refractivity contribution in [3.05, 3.63) is 26.4 Å². The third-order valence-corrected chi connectivity index (χ3v) is 4.07. The second-order valence-electron chi connectivity index (χ2n) is 6.08.